The number of fused-ring (bicyclic) bond motifs is 2. The third-order valence-corrected chi connectivity index (χ3v) is 7.30. The molecule has 0 atom stereocenters. The molecule has 1 aliphatic carbocycles. The summed E-state index contributed by atoms with van der Waals surface area (Å²) < 4.78 is 5.93. The van der Waals surface area contributed by atoms with Gasteiger partial charge in [-0.25, -0.2) is 4.99 Å². The molecule has 2 heterocycles. The van der Waals surface area contributed by atoms with Crippen LogP contribution in [0.1, 0.15) is 82.2 Å². The first kappa shape index (κ1) is 23.0. The van der Waals surface area contributed by atoms with Crippen molar-refractivity contribution in [1.29, 1.82) is 0 Å². The fourth-order valence-corrected chi connectivity index (χ4v) is 5.65. The fourth-order valence-electron chi connectivity index (χ4n) is 4.39. The lowest BCUT2D eigenvalue weighted by Crippen LogP contribution is -2.22. The molecular formula is C25H29N3O4S. The summed E-state index contributed by atoms with van der Waals surface area (Å²) in [6, 6.07) is 5.00. The highest BCUT2D eigenvalue weighted by molar-refractivity contribution is 7.16. The normalized spacial score (nSPS) is 13.9. The van der Waals surface area contributed by atoms with Crippen LogP contribution in [0.25, 0.3) is 11.0 Å². The van der Waals surface area contributed by atoms with Crippen LogP contribution in [0.4, 0.5) is 5.00 Å². The van der Waals surface area contributed by atoms with E-state index >= 15 is 0 Å². The number of carbonyl (C=O) groups excluding carboxylic acids is 2. The maximum Gasteiger partial charge on any atom is 0.254 e. The summed E-state index contributed by atoms with van der Waals surface area (Å²) in [6.45, 7) is 2.15. The lowest BCUT2D eigenvalue weighted by Gasteiger charge is -2.10. The molecule has 1 aliphatic rings. The summed E-state index contributed by atoms with van der Waals surface area (Å²) in [7, 11) is 0. The molecule has 2 amide bonds. The third-order valence-electron chi connectivity index (χ3n) is 6.12. The van der Waals surface area contributed by atoms with Gasteiger partial charge in [0.25, 0.3) is 11.8 Å². The van der Waals surface area contributed by atoms with Crippen molar-refractivity contribution in [2.75, 3.05) is 0 Å². The van der Waals surface area contributed by atoms with Crippen molar-refractivity contribution in [3.63, 3.8) is 0 Å². The van der Waals surface area contributed by atoms with E-state index in [-0.39, 0.29) is 16.9 Å². The van der Waals surface area contributed by atoms with Crippen molar-refractivity contribution in [1.82, 2.24) is 0 Å². The highest BCUT2D eigenvalue weighted by Crippen LogP contribution is 2.39. The summed E-state index contributed by atoms with van der Waals surface area (Å²) in [5.41, 5.74) is 14.0. The van der Waals surface area contributed by atoms with E-state index in [0.717, 1.165) is 73.8 Å². The predicted octanol–water partition coefficient (Wildman–Crippen LogP) is 4.63. The number of phenolic OH excluding ortho intramolecular Hbond substituents is 1. The molecule has 2 aromatic heterocycles. The number of amides is 2. The van der Waals surface area contributed by atoms with E-state index in [1.165, 1.54) is 11.3 Å². The van der Waals surface area contributed by atoms with Gasteiger partial charge in [-0.05, 0) is 61.8 Å². The SMILES string of the molecule is CCCCCCc1cc2cc(C(N)=O)/c(=N/c3sc4c(c3C(N)=O)CCCC4)oc2cc1O. The van der Waals surface area contributed by atoms with Crippen LogP contribution in [0.5, 0.6) is 5.75 Å². The van der Waals surface area contributed by atoms with Crippen LogP contribution >= 0.6 is 11.3 Å². The minimum Gasteiger partial charge on any atom is -0.508 e. The van der Waals surface area contributed by atoms with Gasteiger partial charge in [0.1, 0.15) is 21.9 Å². The van der Waals surface area contributed by atoms with E-state index in [9.17, 15) is 14.7 Å². The van der Waals surface area contributed by atoms with Gasteiger partial charge in [0, 0.05) is 16.3 Å². The van der Waals surface area contributed by atoms with Crippen LogP contribution in [0, 0.1) is 0 Å². The highest BCUT2D eigenvalue weighted by Gasteiger charge is 2.24. The number of aryl methyl sites for hydroxylation is 2. The summed E-state index contributed by atoms with van der Waals surface area (Å²) in [6.07, 6.45) is 8.81. The number of thiophene rings is 1. The number of aromatic hydroxyl groups is 1. The van der Waals surface area contributed by atoms with Crippen molar-refractivity contribution in [3.05, 3.63) is 50.9 Å². The molecule has 0 saturated heterocycles. The maximum absolute atomic E-state index is 12.2. The molecule has 0 spiro atoms. The smallest absolute Gasteiger partial charge is 0.254 e. The van der Waals surface area contributed by atoms with Crippen LogP contribution in [0.3, 0.4) is 0 Å². The number of nitrogens with two attached hydrogens (primary N) is 2. The summed E-state index contributed by atoms with van der Waals surface area (Å²) in [4.78, 5) is 30.1. The fraction of sp³-hybridized carbons (Fsp3) is 0.400. The zero-order valence-corrected chi connectivity index (χ0v) is 19.6. The molecular weight excluding hydrogens is 438 g/mol. The molecule has 0 fully saturated rings. The monoisotopic (exact) mass is 467 g/mol. The largest absolute Gasteiger partial charge is 0.508 e. The van der Waals surface area contributed by atoms with Crippen LogP contribution in [0.15, 0.2) is 27.6 Å². The first-order valence-corrected chi connectivity index (χ1v) is 12.3. The Labute approximate surface area is 196 Å². The van der Waals surface area contributed by atoms with E-state index in [1.54, 1.807) is 12.1 Å². The van der Waals surface area contributed by atoms with E-state index < -0.39 is 11.8 Å². The first-order valence-electron chi connectivity index (χ1n) is 11.5. The molecule has 174 valence electrons. The van der Waals surface area contributed by atoms with Gasteiger partial charge in [0.15, 0.2) is 0 Å². The number of unbranched alkanes of at least 4 members (excludes halogenated alkanes) is 3. The van der Waals surface area contributed by atoms with Gasteiger partial charge < -0.3 is 21.0 Å². The van der Waals surface area contributed by atoms with Crippen molar-refractivity contribution in [2.45, 2.75) is 64.7 Å². The second-order valence-electron chi connectivity index (χ2n) is 8.53. The zero-order chi connectivity index (χ0) is 23.5. The van der Waals surface area contributed by atoms with Gasteiger partial charge >= 0.3 is 0 Å². The van der Waals surface area contributed by atoms with E-state index in [2.05, 4.69) is 11.9 Å². The highest BCUT2D eigenvalue weighted by atomic mass is 32.1. The quantitative estimate of drug-likeness (QED) is 0.417. The molecule has 4 rings (SSSR count). The third kappa shape index (κ3) is 4.80. The van der Waals surface area contributed by atoms with Crippen LogP contribution in [-0.4, -0.2) is 16.9 Å². The number of rotatable bonds is 8. The molecule has 7 nitrogen and oxygen atoms in total. The Hall–Kier alpha value is -3.13. The lowest BCUT2D eigenvalue weighted by molar-refractivity contribution is 0.0990. The number of nitrogens with zero attached hydrogens (tertiary/aromatic N) is 1. The topological polar surface area (TPSA) is 132 Å². The number of benzene rings is 1. The second-order valence-corrected chi connectivity index (χ2v) is 9.61. The molecule has 5 N–H and O–H groups in total. The van der Waals surface area contributed by atoms with Gasteiger partial charge in [-0.2, -0.15) is 0 Å². The minimum absolute atomic E-state index is 0.00573. The van der Waals surface area contributed by atoms with Crippen LogP contribution in [-0.2, 0) is 19.3 Å². The number of hydrogen-bond donors (Lipinski definition) is 3. The molecule has 1 aromatic carbocycles. The average Bonchev–Trinajstić information content (AvgIpc) is 3.14. The lowest BCUT2D eigenvalue weighted by atomic mass is 9.95. The van der Waals surface area contributed by atoms with Crippen molar-refractivity contribution in [2.24, 2.45) is 16.5 Å². The predicted molar refractivity (Wildman–Crippen MR) is 129 cm³/mol. The molecule has 33 heavy (non-hydrogen) atoms. The number of hydrogen-bond acceptors (Lipinski definition) is 6. The number of phenols is 1. The second kappa shape index (κ2) is 9.79. The Kier molecular flexibility index (Phi) is 6.83. The summed E-state index contributed by atoms with van der Waals surface area (Å²) in [5.74, 6) is -1.08. The molecule has 0 saturated carbocycles. The van der Waals surface area contributed by atoms with E-state index in [4.69, 9.17) is 15.9 Å². The van der Waals surface area contributed by atoms with E-state index in [0.29, 0.717) is 21.5 Å². The van der Waals surface area contributed by atoms with Gasteiger partial charge in [0.05, 0.1) is 5.56 Å². The van der Waals surface area contributed by atoms with Crippen LogP contribution < -0.4 is 17.0 Å². The molecule has 0 unspecified atom stereocenters. The van der Waals surface area contributed by atoms with Gasteiger partial charge in [-0.15, -0.1) is 11.3 Å². The summed E-state index contributed by atoms with van der Waals surface area (Å²) in [5, 5.41) is 11.6. The minimum atomic E-state index is -0.682. The molecule has 8 heteroatoms. The van der Waals surface area contributed by atoms with Crippen LogP contribution in [0.2, 0.25) is 0 Å². The molecule has 3 aromatic rings. The average molecular weight is 468 g/mol. The molecule has 0 bridgehead atoms. The maximum atomic E-state index is 12.2. The molecule has 0 aliphatic heterocycles. The Morgan fingerprint density at radius 1 is 1.09 bits per heavy atom. The molecule has 0 radical (unpaired) electrons. The Balaban J connectivity index is 1.82. The van der Waals surface area contributed by atoms with Crippen molar-refractivity contribution >= 4 is 39.1 Å². The first-order chi connectivity index (χ1) is 15.9. The Morgan fingerprint density at radius 3 is 2.61 bits per heavy atom. The van der Waals surface area contributed by atoms with Crippen molar-refractivity contribution < 1.29 is 19.1 Å². The van der Waals surface area contributed by atoms with Gasteiger partial charge in [-0.1, -0.05) is 26.2 Å². The van der Waals surface area contributed by atoms with Gasteiger partial charge in [-0.3, -0.25) is 9.59 Å². The van der Waals surface area contributed by atoms with Gasteiger partial charge in [0.2, 0.25) is 5.55 Å². The standard InChI is InChI=1S/C25H29N3O4S/c1-2-3-4-5-8-14-11-15-12-17(22(26)30)24(32-19(15)13-18(14)29)28-25-21(23(27)31)16-9-6-7-10-20(16)33-25/h11-13,29H,2-10H2,1H3,(H2,26,30)(H2,27,31)/b28-24-. The number of carbonyl (C=O) groups is 2. The Bertz CT molecular complexity index is 1290. The van der Waals surface area contributed by atoms with E-state index in [1.807, 2.05) is 6.07 Å². The Morgan fingerprint density at radius 2 is 1.88 bits per heavy atom. The number of primary amides is 2. The van der Waals surface area contributed by atoms with Crippen molar-refractivity contribution in [3.8, 4) is 5.75 Å². The zero-order valence-electron chi connectivity index (χ0n) is 18.8. The summed E-state index contributed by atoms with van der Waals surface area (Å²) >= 11 is 1.40.